The minimum atomic E-state index is -0.718. The molecule has 21 heavy (non-hydrogen) atoms. The van der Waals surface area contributed by atoms with Crippen molar-refractivity contribution in [1.82, 2.24) is 0 Å². The van der Waals surface area contributed by atoms with Gasteiger partial charge in [0.05, 0.1) is 5.69 Å². The molecule has 3 N–H and O–H groups in total. The summed E-state index contributed by atoms with van der Waals surface area (Å²) in [6, 6.07) is 6.10. The summed E-state index contributed by atoms with van der Waals surface area (Å²) in [6.07, 6.45) is 0. The summed E-state index contributed by atoms with van der Waals surface area (Å²) in [5.41, 5.74) is 5.61. The second-order valence-electron chi connectivity index (χ2n) is 4.63. The summed E-state index contributed by atoms with van der Waals surface area (Å²) in [5.74, 6) is -2.72. The van der Waals surface area contributed by atoms with Crippen LogP contribution in [0.5, 0.6) is 0 Å². The van der Waals surface area contributed by atoms with Crippen LogP contribution in [0.15, 0.2) is 36.4 Å². The van der Waals surface area contributed by atoms with Crippen LogP contribution in [0, 0.1) is 17.5 Å². The zero-order valence-electron chi connectivity index (χ0n) is 11.2. The van der Waals surface area contributed by atoms with E-state index in [4.69, 9.17) is 5.73 Å². The number of hydrogen-bond donors (Lipinski definition) is 2. The lowest BCUT2D eigenvalue weighted by atomic mass is 10.1. The van der Waals surface area contributed by atoms with Crippen LogP contribution in [-0.4, -0.2) is 5.91 Å². The van der Waals surface area contributed by atoms with Gasteiger partial charge in [-0.15, -0.1) is 0 Å². The van der Waals surface area contributed by atoms with Crippen LogP contribution in [-0.2, 0) is 0 Å². The topological polar surface area (TPSA) is 55.1 Å². The average Bonchev–Trinajstić information content (AvgIpc) is 2.39. The first-order chi connectivity index (χ1) is 9.86. The number of primary amides is 1. The van der Waals surface area contributed by atoms with Crippen molar-refractivity contribution in [2.75, 3.05) is 5.32 Å². The SMILES string of the molecule is CC(Nc1cc(C(N)=O)ccc1F)c1cc(F)cc(F)c1. The van der Waals surface area contributed by atoms with Gasteiger partial charge in [-0.1, -0.05) is 0 Å². The summed E-state index contributed by atoms with van der Waals surface area (Å²) < 4.78 is 40.1. The van der Waals surface area contributed by atoms with E-state index in [1.54, 1.807) is 6.92 Å². The molecule has 0 saturated heterocycles. The highest BCUT2D eigenvalue weighted by atomic mass is 19.1. The number of carbonyl (C=O) groups excluding carboxylic acids is 1. The van der Waals surface area contributed by atoms with E-state index in [0.29, 0.717) is 5.56 Å². The Kier molecular flexibility index (Phi) is 4.16. The maximum atomic E-state index is 13.7. The number of carbonyl (C=O) groups is 1. The van der Waals surface area contributed by atoms with Crippen molar-refractivity contribution < 1.29 is 18.0 Å². The van der Waals surface area contributed by atoms with Crippen LogP contribution in [0.4, 0.5) is 18.9 Å². The third-order valence-electron chi connectivity index (χ3n) is 3.01. The number of halogens is 3. The Hall–Kier alpha value is -2.50. The molecule has 0 fully saturated rings. The molecule has 1 atom stereocenters. The molecule has 2 rings (SSSR count). The molecular weight excluding hydrogens is 281 g/mol. The number of hydrogen-bond acceptors (Lipinski definition) is 2. The molecule has 0 heterocycles. The number of nitrogens with two attached hydrogens (primary N) is 1. The van der Waals surface area contributed by atoms with E-state index in [2.05, 4.69) is 5.32 Å². The van der Waals surface area contributed by atoms with Crippen molar-refractivity contribution in [3.05, 3.63) is 65.0 Å². The normalized spacial score (nSPS) is 12.0. The molecule has 2 aromatic rings. The van der Waals surface area contributed by atoms with Gasteiger partial charge in [0.25, 0.3) is 0 Å². The zero-order valence-corrected chi connectivity index (χ0v) is 11.2. The summed E-state index contributed by atoms with van der Waals surface area (Å²) in [6.45, 7) is 1.62. The van der Waals surface area contributed by atoms with E-state index in [0.717, 1.165) is 24.3 Å². The third-order valence-corrected chi connectivity index (χ3v) is 3.01. The minimum Gasteiger partial charge on any atom is -0.376 e. The molecule has 110 valence electrons. The first-order valence-corrected chi connectivity index (χ1v) is 6.18. The number of amides is 1. The fourth-order valence-corrected chi connectivity index (χ4v) is 1.93. The van der Waals surface area contributed by atoms with Gasteiger partial charge in [-0.05, 0) is 42.8 Å². The van der Waals surface area contributed by atoms with E-state index in [9.17, 15) is 18.0 Å². The number of anilines is 1. The Bertz CT molecular complexity index is 668. The fourth-order valence-electron chi connectivity index (χ4n) is 1.93. The standard InChI is InChI=1S/C15H13F3N2O/c1-8(10-4-11(16)7-12(17)5-10)20-14-6-9(15(19)21)2-3-13(14)18/h2-8,20H,1H3,(H2,19,21). The van der Waals surface area contributed by atoms with E-state index < -0.39 is 29.4 Å². The van der Waals surface area contributed by atoms with Crippen LogP contribution < -0.4 is 11.1 Å². The molecule has 1 amide bonds. The van der Waals surface area contributed by atoms with Gasteiger partial charge in [0.2, 0.25) is 5.91 Å². The van der Waals surface area contributed by atoms with Crippen molar-refractivity contribution in [2.45, 2.75) is 13.0 Å². The van der Waals surface area contributed by atoms with Crippen LogP contribution in [0.1, 0.15) is 28.9 Å². The fraction of sp³-hybridized carbons (Fsp3) is 0.133. The van der Waals surface area contributed by atoms with Gasteiger partial charge in [0.1, 0.15) is 17.5 Å². The summed E-state index contributed by atoms with van der Waals surface area (Å²) in [4.78, 5) is 11.1. The summed E-state index contributed by atoms with van der Waals surface area (Å²) >= 11 is 0. The van der Waals surface area contributed by atoms with Gasteiger partial charge in [0.15, 0.2) is 0 Å². The third kappa shape index (κ3) is 3.53. The Morgan fingerprint density at radius 1 is 1.10 bits per heavy atom. The predicted molar refractivity (Wildman–Crippen MR) is 73.3 cm³/mol. The van der Waals surface area contributed by atoms with Crippen LogP contribution in [0.3, 0.4) is 0 Å². The van der Waals surface area contributed by atoms with Gasteiger partial charge in [-0.25, -0.2) is 13.2 Å². The first-order valence-electron chi connectivity index (χ1n) is 6.18. The predicted octanol–water partition coefficient (Wildman–Crippen LogP) is 3.38. The van der Waals surface area contributed by atoms with E-state index in [-0.39, 0.29) is 11.3 Å². The monoisotopic (exact) mass is 294 g/mol. The van der Waals surface area contributed by atoms with Crippen LogP contribution in [0.25, 0.3) is 0 Å². The Morgan fingerprint density at radius 2 is 1.71 bits per heavy atom. The zero-order chi connectivity index (χ0) is 15.6. The number of rotatable bonds is 4. The first kappa shape index (κ1) is 14.9. The molecule has 0 bridgehead atoms. The molecule has 6 heteroatoms. The molecule has 3 nitrogen and oxygen atoms in total. The second kappa shape index (κ2) is 5.87. The minimum absolute atomic E-state index is 0.0310. The number of nitrogens with one attached hydrogen (secondary N) is 1. The molecule has 0 aliphatic heterocycles. The summed E-state index contributed by atoms with van der Waals surface area (Å²) in [5, 5.41) is 2.76. The Morgan fingerprint density at radius 3 is 2.29 bits per heavy atom. The second-order valence-corrected chi connectivity index (χ2v) is 4.63. The summed E-state index contributed by atoms with van der Waals surface area (Å²) in [7, 11) is 0. The molecule has 1 unspecified atom stereocenters. The quantitative estimate of drug-likeness (QED) is 0.908. The molecule has 2 aromatic carbocycles. The lowest BCUT2D eigenvalue weighted by Gasteiger charge is -2.17. The average molecular weight is 294 g/mol. The van der Waals surface area contributed by atoms with E-state index >= 15 is 0 Å². The highest BCUT2D eigenvalue weighted by Crippen LogP contribution is 2.24. The molecule has 0 radical (unpaired) electrons. The van der Waals surface area contributed by atoms with Crippen LogP contribution >= 0.6 is 0 Å². The molecule has 0 saturated carbocycles. The van der Waals surface area contributed by atoms with Crippen molar-refractivity contribution in [2.24, 2.45) is 5.73 Å². The highest BCUT2D eigenvalue weighted by Gasteiger charge is 2.12. The van der Waals surface area contributed by atoms with Crippen molar-refractivity contribution >= 4 is 11.6 Å². The molecular formula is C15H13F3N2O. The smallest absolute Gasteiger partial charge is 0.248 e. The number of benzene rings is 2. The highest BCUT2D eigenvalue weighted by molar-refractivity contribution is 5.93. The van der Waals surface area contributed by atoms with Gasteiger partial charge >= 0.3 is 0 Å². The molecule has 0 aliphatic rings. The Labute approximate surface area is 119 Å². The van der Waals surface area contributed by atoms with Crippen molar-refractivity contribution in [1.29, 1.82) is 0 Å². The van der Waals surface area contributed by atoms with Gasteiger partial charge < -0.3 is 11.1 Å². The van der Waals surface area contributed by atoms with Crippen molar-refractivity contribution in [3.63, 3.8) is 0 Å². The Balaban J connectivity index is 2.28. The van der Waals surface area contributed by atoms with Crippen LogP contribution in [0.2, 0.25) is 0 Å². The molecule has 0 aromatic heterocycles. The lowest BCUT2D eigenvalue weighted by molar-refractivity contribution is 0.100. The van der Waals surface area contributed by atoms with Gasteiger partial charge in [-0.2, -0.15) is 0 Å². The lowest BCUT2D eigenvalue weighted by Crippen LogP contribution is -2.13. The van der Waals surface area contributed by atoms with E-state index in [1.807, 2.05) is 0 Å². The van der Waals surface area contributed by atoms with Crippen molar-refractivity contribution in [3.8, 4) is 0 Å². The van der Waals surface area contributed by atoms with E-state index in [1.165, 1.54) is 12.1 Å². The van der Waals surface area contributed by atoms with Gasteiger partial charge in [-0.3, -0.25) is 4.79 Å². The molecule has 0 aliphatic carbocycles. The molecule has 0 spiro atoms. The largest absolute Gasteiger partial charge is 0.376 e. The maximum absolute atomic E-state index is 13.7. The van der Waals surface area contributed by atoms with Gasteiger partial charge in [0, 0.05) is 17.7 Å². The maximum Gasteiger partial charge on any atom is 0.248 e.